The highest BCUT2D eigenvalue weighted by Gasteiger charge is 2.08. The molecule has 2 N–H and O–H groups in total. The van der Waals surface area contributed by atoms with Gasteiger partial charge in [-0.3, -0.25) is 4.98 Å². The van der Waals surface area contributed by atoms with Crippen LogP contribution < -0.4 is 10.5 Å². The summed E-state index contributed by atoms with van der Waals surface area (Å²) in [6.07, 6.45) is 1.66. The van der Waals surface area contributed by atoms with Crippen molar-refractivity contribution in [2.24, 2.45) is 0 Å². The van der Waals surface area contributed by atoms with Gasteiger partial charge in [0, 0.05) is 5.69 Å². The van der Waals surface area contributed by atoms with Crippen molar-refractivity contribution in [1.29, 1.82) is 0 Å². The van der Waals surface area contributed by atoms with E-state index in [9.17, 15) is 0 Å². The maximum Gasteiger partial charge on any atom is 0.232 e. The molecule has 0 fully saturated rings. The molecule has 1 aromatic carbocycles. The zero-order valence-corrected chi connectivity index (χ0v) is 10.4. The minimum absolute atomic E-state index is 0.189. The van der Waals surface area contributed by atoms with Gasteiger partial charge in [-0.15, -0.1) is 0 Å². The number of hydrogen-bond acceptors (Lipinski definition) is 5. The van der Waals surface area contributed by atoms with Gasteiger partial charge in [-0.2, -0.15) is 4.98 Å². The van der Waals surface area contributed by atoms with Crippen LogP contribution in [0.1, 0.15) is 5.69 Å². The predicted molar refractivity (Wildman–Crippen MR) is 73.0 cm³/mol. The molecule has 0 radical (unpaired) electrons. The molecule has 3 rings (SSSR count). The van der Waals surface area contributed by atoms with Crippen molar-refractivity contribution in [3.8, 4) is 11.6 Å². The lowest BCUT2D eigenvalue weighted by atomic mass is 10.2. The van der Waals surface area contributed by atoms with Gasteiger partial charge in [0.25, 0.3) is 0 Å². The number of nitrogens with two attached hydrogens (primary N) is 1. The molecule has 0 aliphatic carbocycles. The Labute approximate surface area is 110 Å². The smallest absolute Gasteiger partial charge is 0.232 e. The first-order valence-corrected chi connectivity index (χ1v) is 5.85. The van der Waals surface area contributed by atoms with Crippen LogP contribution in [0.3, 0.4) is 0 Å². The highest BCUT2D eigenvalue weighted by atomic mass is 16.5. The van der Waals surface area contributed by atoms with Crippen LogP contribution >= 0.6 is 0 Å². The number of aryl methyl sites for hydroxylation is 1. The molecule has 5 heteroatoms. The van der Waals surface area contributed by atoms with Crippen LogP contribution in [0.15, 0.2) is 42.6 Å². The van der Waals surface area contributed by atoms with Crippen LogP contribution in [0.4, 0.5) is 5.95 Å². The summed E-state index contributed by atoms with van der Waals surface area (Å²) in [5.74, 6) is 1.25. The third kappa shape index (κ3) is 2.30. The zero-order chi connectivity index (χ0) is 13.2. The van der Waals surface area contributed by atoms with Gasteiger partial charge in [-0.05, 0) is 31.2 Å². The molecule has 94 valence electrons. The predicted octanol–water partition coefficient (Wildman–Crippen LogP) is 2.71. The third-order valence-electron chi connectivity index (χ3n) is 2.68. The highest BCUT2D eigenvalue weighted by molar-refractivity contribution is 5.84. The number of nitrogen functional groups attached to an aromatic ring is 1. The van der Waals surface area contributed by atoms with E-state index < -0.39 is 0 Å². The Morgan fingerprint density at radius 3 is 2.68 bits per heavy atom. The molecule has 0 saturated heterocycles. The molecule has 0 saturated carbocycles. The summed E-state index contributed by atoms with van der Waals surface area (Å²) in [6.45, 7) is 1.92. The molecule has 5 nitrogen and oxygen atoms in total. The minimum atomic E-state index is 0.189. The van der Waals surface area contributed by atoms with E-state index in [-0.39, 0.29) is 5.95 Å². The summed E-state index contributed by atoms with van der Waals surface area (Å²) in [5.41, 5.74) is 7.37. The number of ether oxygens (including phenoxy) is 1. The summed E-state index contributed by atoms with van der Waals surface area (Å²) in [6, 6.07) is 11.3. The number of para-hydroxylation sites is 1. The normalized spacial score (nSPS) is 10.6. The maximum absolute atomic E-state index is 5.73. The molecule has 0 amide bonds. The Morgan fingerprint density at radius 1 is 1.05 bits per heavy atom. The van der Waals surface area contributed by atoms with Gasteiger partial charge in [-0.1, -0.05) is 12.1 Å². The van der Waals surface area contributed by atoms with Crippen LogP contribution in [0.5, 0.6) is 11.6 Å². The average molecular weight is 252 g/mol. The Bertz CT molecular complexity index is 725. The maximum atomic E-state index is 5.73. The Hall–Kier alpha value is -2.69. The fourth-order valence-electron chi connectivity index (χ4n) is 1.77. The number of aromatic nitrogens is 3. The minimum Gasteiger partial charge on any atom is -0.437 e. The van der Waals surface area contributed by atoms with Gasteiger partial charge in [0.2, 0.25) is 11.8 Å². The van der Waals surface area contributed by atoms with E-state index >= 15 is 0 Å². The number of benzene rings is 1. The van der Waals surface area contributed by atoms with Crippen LogP contribution in [-0.4, -0.2) is 15.0 Å². The van der Waals surface area contributed by atoms with E-state index in [2.05, 4.69) is 15.0 Å². The Morgan fingerprint density at radius 2 is 1.89 bits per heavy atom. The largest absolute Gasteiger partial charge is 0.437 e. The quantitative estimate of drug-likeness (QED) is 0.759. The van der Waals surface area contributed by atoms with Crippen LogP contribution in [-0.2, 0) is 0 Å². The van der Waals surface area contributed by atoms with Crippen molar-refractivity contribution in [2.45, 2.75) is 6.92 Å². The molecule has 3 aromatic rings. The molecule has 2 aromatic heterocycles. The summed E-state index contributed by atoms with van der Waals surface area (Å²) >= 11 is 0. The van der Waals surface area contributed by atoms with Crippen molar-refractivity contribution in [1.82, 2.24) is 15.0 Å². The lowest BCUT2D eigenvalue weighted by molar-refractivity contribution is 0.466. The first-order chi connectivity index (χ1) is 9.22. The third-order valence-corrected chi connectivity index (χ3v) is 2.68. The van der Waals surface area contributed by atoms with Crippen molar-refractivity contribution < 1.29 is 4.74 Å². The highest BCUT2D eigenvalue weighted by Crippen LogP contribution is 2.27. The topological polar surface area (TPSA) is 73.9 Å². The van der Waals surface area contributed by atoms with E-state index in [4.69, 9.17) is 10.5 Å². The molecule has 0 aliphatic heterocycles. The summed E-state index contributed by atoms with van der Waals surface area (Å²) in [7, 11) is 0. The summed E-state index contributed by atoms with van der Waals surface area (Å²) in [4.78, 5) is 12.5. The molecule has 0 unspecified atom stereocenters. The first-order valence-electron chi connectivity index (χ1n) is 5.85. The van der Waals surface area contributed by atoms with Crippen molar-refractivity contribution >= 4 is 16.9 Å². The van der Waals surface area contributed by atoms with E-state index in [0.29, 0.717) is 11.6 Å². The molecule has 2 heterocycles. The molecular weight excluding hydrogens is 240 g/mol. The number of fused-ring (bicyclic) bond motifs is 1. The Balaban J connectivity index is 2.07. The summed E-state index contributed by atoms with van der Waals surface area (Å²) < 4.78 is 5.73. The number of pyridine rings is 1. The summed E-state index contributed by atoms with van der Waals surface area (Å²) in [5, 5.41) is 0.817. The first kappa shape index (κ1) is 11.4. The van der Waals surface area contributed by atoms with E-state index in [1.54, 1.807) is 6.20 Å². The zero-order valence-electron chi connectivity index (χ0n) is 10.4. The standard InChI is InChI=1S/C14H12N4O/c1-9-6-7-10(8-16-9)19-13-11-4-2-3-5-12(11)17-14(15)18-13/h2-8H,1H3,(H2,15,17,18). The van der Waals surface area contributed by atoms with Gasteiger partial charge in [-0.25, -0.2) is 4.98 Å². The number of nitrogens with zero attached hydrogens (tertiary/aromatic N) is 3. The number of anilines is 1. The van der Waals surface area contributed by atoms with Crippen molar-refractivity contribution in [2.75, 3.05) is 5.73 Å². The van der Waals surface area contributed by atoms with E-state index in [0.717, 1.165) is 16.6 Å². The van der Waals surface area contributed by atoms with Crippen LogP contribution in [0, 0.1) is 6.92 Å². The van der Waals surface area contributed by atoms with Gasteiger partial charge in [0.15, 0.2) is 0 Å². The SMILES string of the molecule is Cc1ccc(Oc2nc(N)nc3ccccc23)cn1. The molecular formula is C14H12N4O. The second-order valence-corrected chi connectivity index (χ2v) is 4.14. The molecule has 0 bridgehead atoms. The van der Waals surface area contributed by atoms with Gasteiger partial charge >= 0.3 is 0 Å². The lowest BCUT2D eigenvalue weighted by Gasteiger charge is -2.08. The lowest BCUT2D eigenvalue weighted by Crippen LogP contribution is -1.98. The Kier molecular flexibility index (Phi) is 2.72. The van der Waals surface area contributed by atoms with Crippen LogP contribution in [0.2, 0.25) is 0 Å². The van der Waals surface area contributed by atoms with Gasteiger partial charge in [0.05, 0.1) is 17.1 Å². The molecule has 0 spiro atoms. The second-order valence-electron chi connectivity index (χ2n) is 4.14. The molecule has 0 aliphatic rings. The fourth-order valence-corrected chi connectivity index (χ4v) is 1.77. The number of hydrogen-bond donors (Lipinski definition) is 1. The van der Waals surface area contributed by atoms with Gasteiger partial charge < -0.3 is 10.5 Å². The number of rotatable bonds is 2. The van der Waals surface area contributed by atoms with Gasteiger partial charge in [0.1, 0.15) is 5.75 Å². The molecule has 0 atom stereocenters. The molecule has 19 heavy (non-hydrogen) atoms. The fraction of sp³-hybridized carbons (Fsp3) is 0.0714. The van der Waals surface area contributed by atoms with Crippen molar-refractivity contribution in [3.05, 3.63) is 48.3 Å². The van der Waals surface area contributed by atoms with E-state index in [1.807, 2.05) is 43.3 Å². The second kappa shape index (κ2) is 4.53. The monoisotopic (exact) mass is 252 g/mol. The van der Waals surface area contributed by atoms with Crippen molar-refractivity contribution in [3.63, 3.8) is 0 Å². The van der Waals surface area contributed by atoms with E-state index in [1.165, 1.54) is 0 Å². The van der Waals surface area contributed by atoms with Crippen LogP contribution in [0.25, 0.3) is 10.9 Å². The average Bonchev–Trinajstić information content (AvgIpc) is 2.41.